The Kier molecular flexibility index (Phi) is 5.91. The fourth-order valence-corrected chi connectivity index (χ4v) is 5.26. The van der Waals surface area contributed by atoms with E-state index in [9.17, 15) is 4.79 Å². The number of rotatable bonds is 6. The second-order valence-corrected chi connectivity index (χ2v) is 8.37. The first-order valence-corrected chi connectivity index (χ1v) is 10.7. The molecule has 2 saturated carbocycles. The van der Waals surface area contributed by atoms with Crippen LogP contribution in [-0.4, -0.2) is 5.91 Å². The zero-order valence-electron chi connectivity index (χ0n) is 16.1. The molecule has 4 rings (SSSR count). The van der Waals surface area contributed by atoms with Gasteiger partial charge in [-0.2, -0.15) is 0 Å². The van der Waals surface area contributed by atoms with Crippen LogP contribution in [0.15, 0.2) is 60.7 Å². The van der Waals surface area contributed by atoms with E-state index in [0.29, 0.717) is 11.8 Å². The molecule has 2 unspecified atom stereocenters. The van der Waals surface area contributed by atoms with Crippen LogP contribution < -0.4 is 5.32 Å². The summed E-state index contributed by atoms with van der Waals surface area (Å²) in [5.41, 5.74) is 2.44. The molecular weight excluding hydrogens is 330 g/mol. The van der Waals surface area contributed by atoms with Crippen molar-refractivity contribution < 1.29 is 4.79 Å². The fraction of sp³-hybridized carbons (Fsp3) is 0.480. The maximum absolute atomic E-state index is 13.6. The van der Waals surface area contributed by atoms with Crippen LogP contribution in [0, 0.1) is 11.8 Å². The van der Waals surface area contributed by atoms with Crippen molar-refractivity contribution in [3.8, 4) is 0 Å². The third kappa shape index (κ3) is 4.26. The topological polar surface area (TPSA) is 29.1 Å². The molecule has 2 aliphatic rings. The molecule has 0 radical (unpaired) electrons. The van der Waals surface area contributed by atoms with E-state index in [-0.39, 0.29) is 17.9 Å². The van der Waals surface area contributed by atoms with Gasteiger partial charge in [0, 0.05) is 0 Å². The summed E-state index contributed by atoms with van der Waals surface area (Å²) in [5, 5.41) is 3.51. The summed E-state index contributed by atoms with van der Waals surface area (Å²) < 4.78 is 0. The summed E-state index contributed by atoms with van der Waals surface area (Å²) in [5.74, 6) is 1.26. The highest BCUT2D eigenvalue weighted by atomic mass is 16.2. The molecule has 2 atom stereocenters. The second kappa shape index (κ2) is 8.73. The van der Waals surface area contributed by atoms with E-state index in [2.05, 4.69) is 59.9 Å². The third-order valence-electron chi connectivity index (χ3n) is 6.64. The fourth-order valence-electron chi connectivity index (χ4n) is 5.26. The van der Waals surface area contributed by atoms with E-state index < -0.39 is 0 Å². The molecule has 2 aromatic carbocycles. The third-order valence-corrected chi connectivity index (χ3v) is 6.64. The van der Waals surface area contributed by atoms with Crippen molar-refractivity contribution in [3.63, 3.8) is 0 Å². The van der Waals surface area contributed by atoms with Gasteiger partial charge in [-0.15, -0.1) is 0 Å². The first-order chi connectivity index (χ1) is 13.3. The Morgan fingerprint density at radius 2 is 1.19 bits per heavy atom. The largest absolute Gasteiger partial charge is 0.348 e. The Balaban J connectivity index is 1.59. The second-order valence-electron chi connectivity index (χ2n) is 8.37. The Morgan fingerprint density at radius 1 is 0.704 bits per heavy atom. The number of amides is 1. The monoisotopic (exact) mass is 361 g/mol. The molecule has 142 valence electrons. The molecule has 2 heteroatoms. The highest BCUT2D eigenvalue weighted by Crippen LogP contribution is 2.40. The van der Waals surface area contributed by atoms with Gasteiger partial charge in [0.05, 0.1) is 12.0 Å². The van der Waals surface area contributed by atoms with Crippen molar-refractivity contribution >= 4 is 5.91 Å². The minimum atomic E-state index is -0.0127. The number of hydrogen-bond donors (Lipinski definition) is 1. The summed E-state index contributed by atoms with van der Waals surface area (Å²) in [4.78, 5) is 13.6. The average molecular weight is 362 g/mol. The smallest absolute Gasteiger partial charge is 0.228 e. The lowest BCUT2D eigenvalue weighted by molar-refractivity contribution is -0.125. The average Bonchev–Trinajstić information content (AvgIpc) is 3.42. The van der Waals surface area contributed by atoms with Crippen LogP contribution in [0.25, 0.3) is 0 Å². The van der Waals surface area contributed by atoms with Crippen LogP contribution in [0.4, 0.5) is 0 Å². The molecule has 2 aliphatic carbocycles. The molecule has 27 heavy (non-hydrogen) atoms. The number of carbonyl (C=O) groups is 1. The van der Waals surface area contributed by atoms with Gasteiger partial charge in [0.1, 0.15) is 0 Å². The Bertz CT molecular complexity index is 715. The van der Waals surface area contributed by atoms with Crippen molar-refractivity contribution in [2.75, 3.05) is 0 Å². The molecule has 0 aliphatic heterocycles. The first-order valence-electron chi connectivity index (χ1n) is 10.7. The van der Waals surface area contributed by atoms with Crippen molar-refractivity contribution in [1.82, 2.24) is 5.32 Å². The normalized spacial score (nSPS) is 20.4. The van der Waals surface area contributed by atoms with Gasteiger partial charge in [-0.1, -0.05) is 86.3 Å². The molecular formula is C25H31NO. The predicted molar refractivity (Wildman–Crippen MR) is 110 cm³/mol. The molecule has 0 heterocycles. The van der Waals surface area contributed by atoms with E-state index in [1.54, 1.807) is 0 Å². The van der Waals surface area contributed by atoms with Crippen LogP contribution in [0.3, 0.4) is 0 Å². The predicted octanol–water partition coefficient (Wildman–Crippen LogP) is 6.01. The van der Waals surface area contributed by atoms with E-state index in [4.69, 9.17) is 0 Å². The molecule has 0 spiro atoms. The lowest BCUT2D eigenvalue weighted by Crippen LogP contribution is -2.38. The quantitative estimate of drug-likeness (QED) is 0.671. The minimum Gasteiger partial charge on any atom is -0.348 e. The van der Waals surface area contributed by atoms with Crippen LogP contribution >= 0.6 is 0 Å². The van der Waals surface area contributed by atoms with Crippen LogP contribution in [-0.2, 0) is 4.79 Å². The van der Waals surface area contributed by atoms with Crippen LogP contribution in [0.5, 0.6) is 0 Å². The molecule has 2 nitrogen and oxygen atoms in total. The lowest BCUT2D eigenvalue weighted by Gasteiger charge is -2.30. The zero-order chi connectivity index (χ0) is 18.5. The van der Waals surface area contributed by atoms with Crippen LogP contribution in [0.2, 0.25) is 0 Å². The summed E-state index contributed by atoms with van der Waals surface area (Å²) in [7, 11) is 0. The Labute approximate surface area is 163 Å². The van der Waals surface area contributed by atoms with Gasteiger partial charge in [-0.05, 0) is 48.6 Å². The zero-order valence-corrected chi connectivity index (χ0v) is 16.1. The minimum absolute atomic E-state index is 0.0127. The summed E-state index contributed by atoms with van der Waals surface area (Å²) in [6.07, 6.45) is 9.87. The van der Waals surface area contributed by atoms with Gasteiger partial charge in [0.25, 0.3) is 0 Å². The highest BCUT2D eigenvalue weighted by Gasteiger charge is 2.35. The molecule has 1 N–H and O–H groups in total. The maximum Gasteiger partial charge on any atom is 0.228 e. The Hall–Kier alpha value is -2.09. The van der Waals surface area contributed by atoms with E-state index >= 15 is 0 Å². The summed E-state index contributed by atoms with van der Waals surface area (Å²) in [6, 6.07) is 21.2. The molecule has 2 fully saturated rings. The van der Waals surface area contributed by atoms with Crippen molar-refractivity contribution in [1.29, 1.82) is 0 Å². The molecule has 0 bridgehead atoms. The van der Waals surface area contributed by atoms with Crippen molar-refractivity contribution in [2.45, 2.75) is 63.3 Å². The molecule has 0 aromatic heterocycles. The van der Waals surface area contributed by atoms with Crippen LogP contribution in [0.1, 0.15) is 74.5 Å². The van der Waals surface area contributed by atoms with E-state index in [1.807, 2.05) is 6.07 Å². The Morgan fingerprint density at radius 3 is 1.74 bits per heavy atom. The van der Waals surface area contributed by atoms with E-state index in [0.717, 1.165) is 0 Å². The van der Waals surface area contributed by atoms with Gasteiger partial charge in [0.15, 0.2) is 0 Å². The van der Waals surface area contributed by atoms with E-state index in [1.165, 1.54) is 62.5 Å². The standard InChI is InChI=1S/C25H31NO/c27-25(23(20-13-7-8-14-20)19-11-3-1-4-12-19)26-24(22-17-9-10-18-22)21-15-5-2-6-16-21/h1-6,11-12,15-16,20,22-24H,7-10,13-14,17-18H2,(H,26,27). The summed E-state index contributed by atoms with van der Waals surface area (Å²) in [6.45, 7) is 0. The number of carbonyl (C=O) groups excluding carboxylic acids is 1. The molecule has 0 saturated heterocycles. The molecule has 2 aromatic rings. The lowest BCUT2D eigenvalue weighted by atomic mass is 9.83. The van der Waals surface area contributed by atoms with Gasteiger partial charge in [-0.25, -0.2) is 0 Å². The maximum atomic E-state index is 13.6. The number of nitrogens with one attached hydrogen (secondary N) is 1. The number of benzene rings is 2. The molecule has 1 amide bonds. The van der Waals surface area contributed by atoms with Crippen molar-refractivity contribution in [3.05, 3.63) is 71.8 Å². The van der Waals surface area contributed by atoms with Gasteiger partial charge >= 0.3 is 0 Å². The SMILES string of the molecule is O=C(NC(c1ccccc1)C1CCCC1)C(c1ccccc1)C1CCCC1. The van der Waals surface area contributed by atoms with Gasteiger partial charge in [0.2, 0.25) is 5.91 Å². The first kappa shape index (κ1) is 18.3. The van der Waals surface area contributed by atoms with Gasteiger partial charge < -0.3 is 5.32 Å². The number of hydrogen-bond acceptors (Lipinski definition) is 1. The van der Waals surface area contributed by atoms with Crippen molar-refractivity contribution in [2.24, 2.45) is 11.8 Å². The van der Waals surface area contributed by atoms with Gasteiger partial charge in [-0.3, -0.25) is 4.79 Å². The summed E-state index contributed by atoms with van der Waals surface area (Å²) >= 11 is 0. The highest BCUT2D eigenvalue weighted by molar-refractivity contribution is 5.84.